The first kappa shape index (κ1) is 56.8. The summed E-state index contributed by atoms with van der Waals surface area (Å²) in [7, 11) is 0. The van der Waals surface area contributed by atoms with Gasteiger partial charge in [0.1, 0.15) is 19.0 Å². The molecule has 12 rings (SSSR count). The number of para-hydroxylation sites is 2. The van der Waals surface area contributed by atoms with Crippen molar-refractivity contribution in [3.8, 4) is 34.0 Å². The van der Waals surface area contributed by atoms with Crippen LogP contribution < -0.4 is 14.4 Å². The number of piperidine rings is 2. The molecule has 4 fully saturated rings. The number of aromatic nitrogens is 2. The molecule has 0 N–H and O–H groups in total. The number of benzene rings is 4. The van der Waals surface area contributed by atoms with E-state index in [1.807, 2.05) is 0 Å². The summed E-state index contributed by atoms with van der Waals surface area (Å²) >= 11 is 0. The SMILES string of the molecule is CCCN(CC(=O)N1CCCCC1)c1cccc2c1OCCn1c-2c(C2CCCCC2)c2ccc(C)cc21.Cc1ccc2c(C3CCCCC3)c3n(c2c1)CCOc1c(CCC(=O)N2CCCCC2)cccc1-3.O=C=O.O=C=O. The molecule has 0 radical (unpaired) electrons. The smallest absolute Gasteiger partial charge is 0.373 e. The lowest BCUT2D eigenvalue weighted by molar-refractivity contribution is -0.193. The first-order chi connectivity index (χ1) is 38.7. The van der Waals surface area contributed by atoms with Crippen molar-refractivity contribution in [3.63, 3.8) is 0 Å². The van der Waals surface area contributed by atoms with Crippen molar-refractivity contribution < 1.29 is 38.2 Å². The number of fused-ring (bicyclic) bond motifs is 10. The van der Waals surface area contributed by atoms with Gasteiger partial charge in [-0.05, 0) is 161 Å². The number of hydrogen-bond acceptors (Lipinski definition) is 9. The van der Waals surface area contributed by atoms with Crippen LogP contribution in [0.25, 0.3) is 44.3 Å². The Labute approximate surface area is 466 Å². The highest BCUT2D eigenvalue weighted by molar-refractivity contribution is 5.97. The topological polar surface area (TPSA) is 140 Å². The number of likely N-dealkylation sites (tertiary alicyclic amines) is 2. The standard InChI is InChI=1S/C33H43N3O2.C31H38N2O2.2CO2/c1-3-17-35(23-30(37)34-18-8-5-9-19-34)28-14-10-13-27-32-31(25-11-6-4-7-12-25)26-16-15-24(2)22-29(26)36(32)20-21-38-33(27)28;1-22-13-15-25-27(21-22)33-19-20-35-31-24(14-16-28(34)32-17-6-3-7-18-32)11-8-12-26(31)30(33)29(25)23-9-4-2-5-10-23;2*2-1-3/h10,13-16,22,25H,3-9,11-12,17-21,23H2,1-2H3;8,11-13,15,21,23H,2-7,9-10,14,16-20H2,1H3;;. The molecule has 0 spiro atoms. The van der Waals surface area contributed by atoms with Crippen LogP contribution in [-0.2, 0) is 48.3 Å². The van der Waals surface area contributed by atoms with E-state index in [1.54, 1.807) is 0 Å². The van der Waals surface area contributed by atoms with E-state index in [0.717, 1.165) is 102 Å². The first-order valence-corrected chi connectivity index (χ1v) is 29.7. The Balaban J connectivity index is 0.000000175. The summed E-state index contributed by atoms with van der Waals surface area (Å²) in [6.45, 7) is 14.5. The molecule has 2 aromatic heterocycles. The average Bonchev–Trinajstić information content (AvgIpc) is 4.04. The zero-order valence-electron chi connectivity index (χ0n) is 47.1. The molecule has 2 saturated carbocycles. The third kappa shape index (κ3) is 12.7. The average molecular weight is 1070 g/mol. The maximum atomic E-state index is 13.3. The van der Waals surface area contributed by atoms with Gasteiger partial charge in [0.25, 0.3) is 0 Å². The van der Waals surface area contributed by atoms with E-state index in [1.165, 1.54) is 149 Å². The lowest BCUT2D eigenvalue weighted by Gasteiger charge is -2.32. The van der Waals surface area contributed by atoms with Gasteiger partial charge in [0.05, 0.1) is 36.7 Å². The van der Waals surface area contributed by atoms with Gasteiger partial charge in [0, 0.05) is 72.1 Å². The third-order valence-corrected chi connectivity index (χ3v) is 17.5. The molecule has 13 heteroatoms. The quantitative estimate of drug-likeness (QED) is 0.131. The minimum Gasteiger partial charge on any atom is -0.491 e. The van der Waals surface area contributed by atoms with E-state index in [9.17, 15) is 9.59 Å². The van der Waals surface area contributed by atoms with Crippen molar-refractivity contribution >= 4 is 51.6 Å². The fourth-order valence-corrected chi connectivity index (χ4v) is 13.9. The zero-order chi connectivity index (χ0) is 55.3. The van der Waals surface area contributed by atoms with Crippen molar-refractivity contribution in [3.05, 3.63) is 101 Å². The fraction of sp³-hybridized carbons (Fsp3) is 0.515. The van der Waals surface area contributed by atoms with E-state index >= 15 is 0 Å². The van der Waals surface area contributed by atoms with Crippen LogP contribution in [0.4, 0.5) is 5.69 Å². The van der Waals surface area contributed by atoms with Gasteiger partial charge < -0.3 is 33.3 Å². The van der Waals surface area contributed by atoms with Crippen molar-refractivity contribution in [1.29, 1.82) is 0 Å². The van der Waals surface area contributed by atoms with Crippen molar-refractivity contribution in [2.24, 2.45) is 0 Å². The van der Waals surface area contributed by atoms with E-state index in [2.05, 4.69) is 117 Å². The molecule has 4 aliphatic heterocycles. The van der Waals surface area contributed by atoms with Gasteiger partial charge >= 0.3 is 12.3 Å². The number of carbonyl (C=O) groups is 2. The van der Waals surface area contributed by atoms with Crippen LogP contribution >= 0.6 is 0 Å². The summed E-state index contributed by atoms with van der Waals surface area (Å²) < 4.78 is 18.1. The minimum absolute atomic E-state index is 0.247. The number of amides is 2. The number of anilines is 1. The molecular weight excluding hydrogens is 991 g/mol. The van der Waals surface area contributed by atoms with Gasteiger partial charge in [-0.2, -0.15) is 19.2 Å². The fourth-order valence-electron chi connectivity index (χ4n) is 13.9. The summed E-state index contributed by atoms with van der Waals surface area (Å²) in [5.74, 6) is 3.71. The van der Waals surface area contributed by atoms with Gasteiger partial charge in [0.15, 0.2) is 5.75 Å². The Hall–Kier alpha value is -6.94. The molecule has 6 aliphatic rings. The second-order valence-electron chi connectivity index (χ2n) is 22.7. The first-order valence-electron chi connectivity index (χ1n) is 29.7. The molecule has 79 heavy (non-hydrogen) atoms. The van der Waals surface area contributed by atoms with Gasteiger partial charge in [0.2, 0.25) is 11.8 Å². The zero-order valence-corrected chi connectivity index (χ0v) is 47.1. The molecule has 0 atom stereocenters. The van der Waals surface area contributed by atoms with Crippen LogP contribution in [0.3, 0.4) is 0 Å². The van der Waals surface area contributed by atoms with Crippen LogP contribution in [0.1, 0.15) is 162 Å². The number of aryl methyl sites for hydroxylation is 3. The predicted octanol–water partition coefficient (Wildman–Crippen LogP) is 13.1. The van der Waals surface area contributed by atoms with E-state index in [-0.39, 0.29) is 18.2 Å². The monoisotopic (exact) mass is 1070 g/mol. The molecule has 6 heterocycles. The lowest BCUT2D eigenvalue weighted by atomic mass is 9.81. The Morgan fingerprint density at radius 3 is 1.52 bits per heavy atom. The normalized spacial score (nSPS) is 17.1. The maximum Gasteiger partial charge on any atom is 0.373 e. The molecule has 4 aromatic carbocycles. The molecule has 2 aliphatic carbocycles. The Morgan fingerprint density at radius 2 is 1.01 bits per heavy atom. The second-order valence-corrected chi connectivity index (χ2v) is 22.7. The van der Waals surface area contributed by atoms with Crippen molar-refractivity contribution in [2.45, 2.75) is 168 Å². The molecule has 0 bridgehead atoms. The van der Waals surface area contributed by atoms with Crippen molar-refractivity contribution in [1.82, 2.24) is 18.9 Å². The van der Waals surface area contributed by atoms with Crippen LogP contribution in [0.15, 0.2) is 72.8 Å². The molecule has 2 amide bonds. The molecule has 0 unspecified atom stereocenters. The van der Waals surface area contributed by atoms with E-state index in [0.29, 0.717) is 43.9 Å². The maximum absolute atomic E-state index is 13.3. The highest BCUT2D eigenvalue weighted by Gasteiger charge is 2.33. The molecule has 2 saturated heterocycles. The van der Waals surface area contributed by atoms with Crippen LogP contribution in [-0.4, -0.2) is 95.5 Å². The van der Waals surface area contributed by atoms with Crippen LogP contribution in [0.5, 0.6) is 11.5 Å². The van der Waals surface area contributed by atoms with Crippen LogP contribution in [0.2, 0.25) is 0 Å². The highest BCUT2D eigenvalue weighted by atomic mass is 16.5. The summed E-state index contributed by atoms with van der Waals surface area (Å²) in [5, 5.41) is 2.84. The Bertz CT molecular complexity index is 3120. The molecular formula is C66H81N5O8. The number of carbonyl (C=O) groups excluding carboxylic acids is 6. The van der Waals surface area contributed by atoms with Gasteiger partial charge in [-0.3, -0.25) is 9.59 Å². The summed E-state index contributed by atoms with van der Waals surface area (Å²) in [5.41, 5.74) is 15.7. The summed E-state index contributed by atoms with van der Waals surface area (Å²) in [4.78, 5) is 65.1. The molecule has 418 valence electrons. The Morgan fingerprint density at radius 1 is 0.557 bits per heavy atom. The minimum atomic E-state index is 0.247. The Kier molecular flexibility index (Phi) is 19.6. The highest BCUT2D eigenvalue weighted by Crippen LogP contribution is 2.51. The van der Waals surface area contributed by atoms with Gasteiger partial charge in [-0.1, -0.05) is 87.9 Å². The number of rotatable bonds is 10. The molecule has 13 nitrogen and oxygen atoms in total. The largest absolute Gasteiger partial charge is 0.491 e. The second kappa shape index (κ2) is 27.3. The van der Waals surface area contributed by atoms with Crippen LogP contribution in [0, 0.1) is 13.8 Å². The molecule has 6 aromatic rings. The summed E-state index contributed by atoms with van der Waals surface area (Å²) in [6, 6.07) is 27.2. The number of nitrogens with zero attached hydrogens (tertiary/aromatic N) is 5. The predicted molar refractivity (Wildman–Crippen MR) is 309 cm³/mol. The van der Waals surface area contributed by atoms with Crippen molar-refractivity contribution in [2.75, 3.05) is 57.4 Å². The lowest BCUT2D eigenvalue weighted by Crippen LogP contribution is -2.43. The third-order valence-electron chi connectivity index (χ3n) is 17.5. The van der Waals surface area contributed by atoms with E-state index < -0.39 is 0 Å². The summed E-state index contributed by atoms with van der Waals surface area (Å²) in [6.07, 6.45) is 22.9. The van der Waals surface area contributed by atoms with E-state index in [4.69, 9.17) is 28.7 Å². The van der Waals surface area contributed by atoms with Gasteiger partial charge in [-0.15, -0.1) is 0 Å². The van der Waals surface area contributed by atoms with Gasteiger partial charge in [-0.25, -0.2) is 0 Å². The number of ether oxygens (including phenoxy) is 2. The number of hydrogen-bond donors (Lipinski definition) is 0.